The van der Waals surface area contributed by atoms with Gasteiger partial charge in [-0.3, -0.25) is 0 Å². The summed E-state index contributed by atoms with van der Waals surface area (Å²) in [6.07, 6.45) is 1.94. The first-order valence-electron chi connectivity index (χ1n) is 7.51. The van der Waals surface area contributed by atoms with Crippen LogP contribution in [-0.4, -0.2) is 42.4 Å². The summed E-state index contributed by atoms with van der Waals surface area (Å²) < 4.78 is 5.75. The molecule has 0 spiro atoms. The fraction of sp³-hybridized carbons (Fsp3) is 0.625. The highest BCUT2D eigenvalue weighted by Crippen LogP contribution is 2.19. The van der Waals surface area contributed by atoms with Gasteiger partial charge < -0.3 is 20.5 Å². The fourth-order valence-corrected chi connectivity index (χ4v) is 2.70. The molecule has 2 unspecified atom stereocenters. The Morgan fingerprint density at radius 1 is 1.50 bits per heavy atom. The predicted molar refractivity (Wildman–Crippen MR) is 80.7 cm³/mol. The first kappa shape index (κ1) is 15.3. The summed E-state index contributed by atoms with van der Waals surface area (Å²) in [5.74, 6) is 1.34. The van der Waals surface area contributed by atoms with Gasteiger partial charge in [0.2, 0.25) is 0 Å². The third-order valence-corrected chi connectivity index (χ3v) is 4.01. The normalized spacial score (nSPS) is 21.1. The maximum absolute atomic E-state index is 9.58. The van der Waals surface area contributed by atoms with Gasteiger partial charge in [-0.2, -0.15) is 0 Å². The van der Waals surface area contributed by atoms with E-state index in [0.29, 0.717) is 12.5 Å². The van der Waals surface area contributed by atoms with Crippen LogP contribution in [0.1, 0.15) is 25.3 Å². The lowest BCUT2D eigenvalue weighted by molar-refractivity contribution is 0.127. The molecule has 0 radical (unpaired) electrons. The van der Waals surface area contributed by atoms with Crippen molar-refractivity contribution in [2.45, 2.75) is 32.4 Å². The molecule has 1 aromatic carbocycles. The van der Waals surface area contributed by atoms with E-state index in [-0.39, 0.29) is 6.10 Å². The van der Waals surface area contributed by atoms with Crippen molar-refractivity contribution in [2.24, 2.45) is 11.7 Å². The van der Waals surface area contributed by atoms with Gasteiger partial charge in [0.05, 0.1) is 12.7 Å². The van der Waals surface area contributed by atoms with Gasteiger partial charge in [0.1, 0.15) is 5.75 Å². The zero-order valence-electron chi connectivity index (χ0n) is 12.3. The molecule has 4 heteroatoms. The number of benzene rings is 1. The molecule has 4 nitrogen and oxygen atoms in total. The van der Waals surface area contributed by atoms with Crippen molar-refractivity contribution in [1.82, 2.24) is 4.90 Å². The smallest absolute Gasteiger partial charge is 0.119 e. The summed E-state index contributed by atoms with van der Waals surface area (Å²) in [6, 6.07) is 7.95. The summed E-state index contributed by atoms with van der Waals surface area (Å²) in [5, 5.41) is 9.58. The van der Waals surface area contributed by atoms with Crippen LogP contribution in [0.15, 0.2) is 24.3 Å². The Labute approximate surface area is 121 Å². The van der Waals surface area contributed by atoms with Gasteiger partial charge in [0.15, 0.2) is 0 Å². The minimum atomic E-state index is -0.185. The molecule has 1 aromatic rings. The first-order chi connectivity index (χ1) is 9.69. The van der Waals surface area contributed by atoms with Crippen LogP contribution in [0.5, 0.6) is 5.75 Å². The van der Waals surface area contributed by atoms with E-state index in [2.05, 4.69) is 4.90 Å². The Balaban J connectivity index is 1.64. The van der Waals surface area contributed by atoms with Gasteiger partial charge in [-0.05, 0) is 49.9 Å². The number of hydrogen-bond donors (Lipinski definition) is 2. The molecule has 20 heavy (non-hydrogen) atoms. The Morgan fingerprint density at radius 2 is 2.35 bits per heavy atom. The Hall–Kier alpha value is -1.10. The van der Waals surface area contributed by atoms with Gasteiger partial charge in [0.25, 0.3) is 0 Å². The first-order valence-corrected chi connectivity index (χ1v) is 7.51. The summed E-state index contributed by atoms with van der Waals surface area (Å²) in [5.41, 5.74) is 6.71. The third-order valence-electron chi connectivity index (χ3n) is 4.01. The second kappa shape index (κ2) is 7.62. The lowest BCUT2D eigenvalue weighted by atomic mass is 10.0. The number of aliphatic hydroxyl groups is 1. The molecular weight excluding hydrogens is 252 g/mol. The molecule has 1 aliphatic heterocycles. The molecule has 2 atom stereocenters. The molecule has 0 aliphatic carbocycles. The highest BCUT2D eigenvalue weighted by atomic mass is 16.5. The maximum Gasteiger partial charge on any atom is 0.119 e. The molecule has 1 saturated heterocycles. The van der Waals surface area contributed by atoms with Crippen LogP contribution in [0.4, 0.5) is 0 Å². The largest absolute Gasteiger partial charge is 0.494 e. The number of nitrogens with two attached hydrogens (primary N) is 1. The van der Waals surface area contributed by atoms with E-state index < -0.39 is 0 Å². The van der Waals surface area contributed by atoms with E-state index in [4.69, 9.17) is 10.5 Å². The van der Waals surface area contributed by atoms with Gasteiger partial charge in [-0.25, -0.2) is 0 Å². The standard InChI is InChI=1S/C16H26N2O2/c1-13(19)15-6-8-18(12-15)7-3-9-20-16-5-2-4-14(10-16)11-17/h2,4-5,10,13,15,19H,3,6-9,11-12,17H2,1H3. The lowest BCUT2D eigenvalue weighted by Gasteiger charge is -2.17. The molecule has 0 bridgehead atoms. The molecule has 3 N–H and O–H groups in total. The van der Waals surface area contributed by atoms with Crippen LogP contribution in [0, 0.1) is 5.92 Å². The van der Waals surface area contributed by atoms with Gasteiger partial charge in [0, 0.05) is 19.6 Å². The number of hydrogen-bond acceptors (Lipinski definition) is 4. The SMILES string of the molecule is CC(O)C1CCN(CCCOc2cccc(CN)c2)C1. The van der Waals surface area contributed by atoms with Gasteiger partial charge >= 0.3 is 0 Å². The molecule has 1 fully saturated rings. The van der Waals surface area contributed by atoms with E-state index in [1.165, 1.54) is 0 Å². The van der Waals surface area contributed by atoms with Crippen LogP contribution in [0.3, 0.4) is 0 Å². The Bertz CT molecular complexity index is 409. The quantitative estimate of drug-likeness (QED) is 0.744. The second-order valence-electron chi connectivity index (χ2n) is 5.64. The van der Waals surface area contributed by atoms with E-state index in [1.54, 1.807) is 0 Å². The fourth-order valence-electron chi connectivity index (χ4n) is 2.70. The van der Waals surface area contributed by atoms with Crippen molar-refractivity contribution >= 4 is 0 Å². The minimum absolute atomic E-state index is 0.185. The Morgan fingerprint density at radius 3 is 3.05 bits per heavy atom. The van der Waals surface area contributed by atoms with Crippen molar-refractivity contribution in [3.8, 4) is 5.75 Å². The van der Waals surface area contributed by atoms with Crippen molar-refractivity contribution in [2.75, 3.05) is 26.2 Å². The zero-order valence-corrected chi connectivity index (χ0v) is 12.3. The second-order valence-corrected chi connectivity index (χ2v) is 5.64. The molecule has 112 valence electrons. The van der Waals surface area contributed by atoms with Crippen molar-refractivity contribution in [3.05, 3.63) is 29.8 Å². The molecule has 0 amide bonds. The molecule has 1 aliphatic rings. The number of nitrogens with zero attached hydrogens (tertiary/aromatic N) is 1. The van der Waals surface area contributed by atoms with E-state index >= 15 is 0 Å². The topological polar surface area (TPSA) is 58.7 Å². The van der Waals surface area contributed by atoms with Crippen LogP contribution in [-0.2, 0) is 6.54 Å². The summed E-state index contributed by atoms with van der Waals surface area (Å²) in [6.45, 7) is 6.32. The van der Waals surface area contributed by atoms with E-state index in [9.17, 15) is 5.11 Å². The lowest BCUT2D eigenvalue weighted by Crippen LogP contribution is -2.26. The molecule has 2 rings (SSSR count). The van der Waals surface area contributed by atoms with Gasteiger partial charge in [-0.15, -0.1) is 0 Å². The monoisotopic (exact) mass is 278 g/mol. The average Bonchev–Trinajstić information content (AvgIpc) is 2.93. The zero-order chi connectivity index (χ0) is 14.4. The van der Waals surface area contributed by atoms with E-state index in [0.717, 1.165) is 50.4 Å². The minimum Gasteiger partial charge on any atom is -0.494 e. The van der Waals surface area contributed by atoms with Crippen LogP contribution < -0.4 is 10.5 Å². The van der Waals surface area contributed by atoms with Crippen LogP contribution >= 0.6 is 0 Å². The predicted octanol–water partition coefficient (Wildman–Crippen LogP) is 1.62. The number of ether oxygens (including phenoxy) is 1. The van der Waals surface area contributed by atoms with Crippen molar-refractivity contribution in [3.63, 3.8) is 0 Å². The molecule has 0 aromatic heterocycles. The highest BCUT2D eigenvalue weighted by Gasteiger charge is 2.25. The summed E-state index contributed by atoms with van der Waals surface area (Å²) in [4.78, 5) is 2.41. The molecular formula is C16H26N2O2. The van der Waals surface area contributed by atoms with Crippen molar-refractivity contribution < 1.29 is 9.84 Å². The Kier molecular flexibility index (Phi) is 5.83. The number of rotatable bonds is 7. The van der Waals surface area contributed by atoms with Crippen molar-refractivity contribution in [1.29, 1.82) is 0 Å². The van der Waals surface area contributed by atoms with Gasteiger partial charge in [-0.1, -0.05) is 12.1 Å². The molecule has 1 heterocycles. The highest BCUT2D eigenvalue weighted by molar-refractivity contribution is 5.28. The van der Waals surface area contributed by atoms with Crippen LogP contribution in [0.2, 0.25) is 0 Å². The van der Waals surface area contributed by atoms with Crippen LogP contribution in [0.25, 0.3) is 0 Å². The third kappa shape index (κ3) is 4.47. The summed E-state index contributed by atoms with van der Waals surface area (Å²) >= 11 is 0. The average molecular weight is 278 g/mol. The number of likely N-dealkylation sites (tertiary alicyclic amines) is 1. The van der Waals surface area contributed by atoms with E-state index in [1.807, 2.05) is 31.2 Å². The molecule has 0 saturated carbocycles. The maximum atomic E-state index is 9.58. The summed E-state index contributed by atoms with van der Waals surface area (Å²) in [7, 11) is 0. The number of aliphatic hydroxyl groups excluding tert-OH is 1.